The van der Waals surface area contributed by atoms with Crippen LogP contribution in [0.5, 0.6) is 0 Å². The minimum Gasteiger partial charge on any atom is -0.458 e. The van der Waals surface area contributed by atoms with Crippen LogP contribution in [0.3, 0.4) is 0 Å². The van der Waals surface area contributed by atoms with Crippen LogP contribution in [0.25, 0.3) is 0 Å². The minimum absolute atomic E-state index is 0.0117. The van der Waals surface area contributed by atoms with Gasteiger partial charge < -0.3 is 4.74 Å². The topological polar surface area (TPSA) is 43.4 Å². The number of esters is 1. The minimum atomic E-state index is -0.401. The van der Waals surface area contributed by atoms with Gasteiger partial charge in [-0.2, -0.15) is 0 Å². The predicted molar refractivity (Wildman–Crippen MR) is 43.5 cm³/mol. The van der Waals surface area contributed by atoms with Crippen molar-refractivity contribution in [1.29, 1.82) is 0 Å². The van der Waals surface area contributed by atoms with Crippen molar-refractivity contribution >= 4 is 11.8 Å². The first kappa shape index (κ1) is 8.97. The van der Waals surface area contributed by atoms with Gasteiger partial charge in [0, 0.05) is 12.8 Å². The molecule has 1 rings (SSSR count). The van der Waals surface area contributed by atoms with Crippen LogP contribution in [0, 0.1) is 5.92 Å². The number of carbonyl (C=O) groups excluding carboxylic acids is 2. The molecule has 0 spiro atoms. The molecule has 1 saturated carbocycles. The summed E-state index contributed by atoms with van der Waals surface area (Å²) in [7, 11) is 0. The highest BCUT2D eigenvalue weighted by molar-refractivity contribution is 5.85. The van der Waals surface area contributed by atoms with Crippen molar-refractivity contribution in [3.8, 4) is 0 Å². The Morgan fingerprint density at radius 1 is 1.58 bits per heavy atom. The summed E-state index contributed by atoms with van der Waals surface area (Å²) in [5, 5.41) is 0. The Kier molecular flexibility index (Phi) is 2.63. The number of ketones is 1. The van der Waals surface area contributed by atoms with Gasteiger partial charge in [0.1, 0.15) is 6.61 Å². The molecule has 0 atom stereocenters. The molecule has 0 heterocycles. The Bertz CT molecular complexity index is 222. The standard InChI is InChI=1S/C9H12O3/c1-6-3-8(4-6)9(11)5-12-7(2)10/h8H,1,3-5H2,2H3. The molecule has 0 aromatic heterocycles. The molecular weight excluding hydrogens is 156 g/mol. The summed E-state index contributed by atoms with van der Waals surface area (Å²) in [6.07, 6.45) is 1.53. The van der Waals surface area contributed by atoms with Gasteiger partial charge in [0.15, 0.2) is 5.78 Å². The van der Waals surface area contributed by atoms with Crippen LogP contribution < -0.4 is 0 Å². The lowest BCUT2D eigenvalue weighted by Gasteiger charge is -2.26. The van der Waals surface area contributed by atoms with Crippen LogP contribution in [-0.2, 0) is 14.3 Å². The van der Waals surface area contributed by atoms with Gasteiger partial charge in [0.2, 0.25) is 0 Å². The smallest absolute Gasteiger partial charge is 0.303 e. The van der Waals surface area contributed by atoms with E-state index in [-0.39, 0.29) is 18.3 Å². The lowest BCUT2D eigenvalue weighted by Crippen LogP contribution is -2.27. The van der Waals surface area contributed by atoms with Crippen molar-refractivity contribution in [1.82, 2.24) is 0 Å². The third kappa shape index (κ3) is 2.19. The molecule has 0 saturated heterocycles. The van der Waals surface area contributed by atoms with Crippen molar-refractivity contribution in [3.63, 3.8) is 0 Å². The Balaban J connectivity index is 2.21. The van der Waals surface area contributed by atoms with Crippen LogP contribution in [0.15, 0.2) is 12.2 Å². The Hall–Kier alpha value is -1.12. The summed E-state index contributed by atoms with van der Waals surface area (Å²) in [5.74, 6) is -0.337. The molecule has 0 radical (unpaired) electrons. The summed E-state index contributed by atoms with van der Waals surface area (Å²) in [4.78, 5) is 21.5. The molecule has 0 aromatic carbocycles. The van der Waals surface area contributed by atoms with Crippen LogP contribution in [-0.4, -0.2) is 18.4 Å². The lowest BCUT2D eigenvalue weighted by molar-refractivity contribution is -0.147. The van der Waals surface area contributed by atoms with Gasteiger partial charge in [0.05, 0.1) is 0 Å². The second-order valence-electron chi connectivity index (χ2n) is 3.10. The zero-order valence-electron chi connectivity index (χ0n) is 7.13. The molecule has 0 bridgehead atoms. The fourth-order valence-electron chi connectivity index (χ4n) is 1.16. The monoisotopic (exact) mass is 168 g/mol. The third-order valence-corrected chi connectivity index (χ3v) is 1.94. The first-order valence-electron chi connectivity index (χ1n) is 3.92. The van der Waals surface area contributed by atoms with Crippen molar-refractivity contribution in [2.24, 2.45) is 5.92 Å². The summed E-state index contributed by atoms with van der Waals surface area (Å²) < 4.78 is 4.58. The molecule has 1 aliphatic carbocycles. The molecule has 0 amide bonds. The molecular formula is C9H12O3. The molecule has 0 N–H and O–H groups in total. The summed E-state index contributed by atoms with van der Waals surface area (Å²) in [6.45, 7) is 4.95. The van der Waals surface area contributed by atoms with Crippen molar-refractivity contribution < 1.29 is 14.3 Å². The van der Waals surface area contributed by atoms with E-state index in [1.165, 1.54) is 6.92 Å². The van der Waals surface area contributed by atoms with E-state index in [1.807, 2.05) is 0 Å². The predicted octanol–water partition coefficient (Wildman–Crippen LogP) is 1.08. The summed E-state index contributed by atoms with van der Waals surface area (Å²) in [5.41, 5.74) is 1.11. The molecule has 3 heteroatoms. The molecule has 0 aliphatic heterocycles. The maximum absolute atomic E-state index is 11.2. The van der Waals surface area contributed by atoms with E-state index in [4.69, 9.17) is 0 Å². The van der Waals surface area contributed by atoms with E-state index < -0.39 is 5.97 Å². The Morgan fingerprint density at radius 2 is 2.17 bits per heavy atom. The average molecular weight is 168 g/mol. The van der Waals surface area contributed by atoms with Gasteiger partial charge in [-0.05, 0) is 12.8 Å². The molecule has 0 aromatic rings. The molecule has 1 aliphatic rings. The number of Topliss-reactive ketones (excluding diaryl/α,β-unsaturated/α-hetero) is 1. The van der Waals surface area contributed by atoms with Gasteiger partial charge in [0.25, 0.3) is 0 Å². The van der Waals surface area contributed by atoms with Crippen LogP contribution in [0.4, 0.5) is 0 Å². The van der Waals surface area contributed by atoms with Crippen molar-refractivity contribution in [2.45, 2.75) is 19.8 Å². The van der Waals surface area contributed by atoms with Crippen LogP contribution in [0.1, 0.15) is 19.8 Å². The highest BCUT2D eigenvalue weighted by atomic mass is 16.5. The maximum atomic E-state index is 11.2. The van der Waals surface area contributed by atoms with E-state index in [2.05, 4.69) is 11.3 Å². The molecule has 0 unspecified atom stereocenters. The first-order valence-corrected chi connectivity index (χ1v) is 3.92. The second-order valence-corrected chi connectivity index (χ2v) is 3.10. The van der Waals surface area contributed by atoms with Gasteiger partial charge in [-0.3, -0.25) is 9.59 Å². The second kappa shape index (κ2) is 3.52. The normalized spacial score (nSPS) is 16.9. The average Bonchev–Trinajstić information content (AvgIpc) is 1.94. The number of ether oxygens (including phenoxy) is 1. The quantitative estimate of drug-likeness (QED) is 0.468. The van der Waals surface area contributed by atoms with Gasteiger partial charge in [-0.15, -0.1) is 0 Å². The first-order chi connectivity index (χ1) is 5.59. The molecule has 66 valence electrons. The molecule has 3 nitrogen and oxygen atoms in total. The van der Waals surface area contributed by atoms with E-state index >= 15 is 0 Å². The number of hydrogen-bond acceptors (Lipinski definition) is 3. The third-order valence-electron chi connectivity index (χ3n) is 1.94. The van der Waals surface area contributed by atoms with E-state index in [1.54, 1.807) is 0 Å². The molecule has 1 fully saturated rings. The van der Waals surface area contributed by atoms with Crippen molar-refractivity contribution in [3.05, 3.63) is 12.2 Å². The number of carbonyl (C=O) groups is 2. The SMILES string of the molecule is C=C1CC(C(=O)COC(C)=O)C1. The highest BCUT2D eigenvalue weighted by Gasteiger charge is 2.28. The van der Waals surface area contributed by atoms with E-state index in [0.717, 1.165) is 18.4 Å². The summed E-state index contributed by atoms with van der Waals surface area (Å²) in [6, 6.07) is 0. The fourth-order valence-corrected chi connectivity index (χ4v) is 1.16. The zero-order chi connectivity index (χ0) is 9.14. The largest absolute Gasteiger partial charge is 0.458 e. The zero-order valence-corrected chi connectivity index (χ0v) is 7.13. The number of hydrogen-bond donors (Lipinski definition) is 0. The van der Waals surface area contributed by atoms with E-state index in [0.29, 0.717) is 0 Å². The van der Waals surface area contributed by atoms with Crippen LogP contribution >= 0.6 is 0 Å². The van der Waals surface area contributed by atoms with Gasteiger partial charge in [-0.1, -0.05) is 12.2 Å². The highest BCUT2D eigenvalue weighted by Crippen LogP contribution is 2.31. The maximum Gasteiger partial charge on any atom is 0.303 e. The number of allylic oxidation sites excluding steroid dienone is 1. The fraction of sp³-hybridized carbons (Fsp3) is 0.556. The molecule has 12 heavy (non-hydrogen) atoms. The van der Waals surface area contributed by atoms with Gasteiger partial charge >= 0.3 is 5.97 Å². The summed E-state index contributed by atoms with van der Waals surface area (Å²) >= 11 is 0. The number of rotatable bonds is 3. The lowest BCUT2D eigenvalue weighted by atomic mass is 9.78. The van der Waals surface area contributed by atoms with Crippen molar-refractivity contribution in [2.75, 3.05) is 6.61 Å². The van der Waals surface area contributed by atoms with E-state index in [9.17, 15) is 9.59 Å². The van der Waals surface area contributed by atoms with Crippen LogP contribution in [0.2, 0.25) is 0 Å². The Morgan fingerprint density at radius 3 is 2.58 bits per heavy atom. The Labute approximate surface area is 71.4 Å². The van der Waals surface area contributed by atoms with Gasteiger partial charge in [-0.25, -0.2) is 0 Å².